The Morgan fingerprint density at radius 2 is 1.82 bits per heavy atom. The Bertz CT molecular complexity index is 584. The first-order valence-electron chi connectivity index (χ1n) is 7.38. The van der Waals surface area contributed by atoms with Gasteiger partial charge < -0.3 is 10.1 Å². The van der Waals surface area contributed by atoms with E-state index in [2.05, 4.69) is 21.2 Å². The SMILES string of the molecule is C[C@H](NC(=O)CCCOc1ccc(Br)cc1)c1ccccc1. The molecule has 2 aromatic rings. The van der Waals surface area contributed by atoms with E-state index in [1.54, 1.807) is 0 Å². The van der Waals surface area contributed by atoms with Gasteiger partial charge in [0.1, 0.15) is 5.75 Å². The molecule has 0 unspecified atom stereocenters. The normalized spacial score (nSPS) is 11.7. The molecule has 2 aromatic carbocycles. The summed E-state index contributed by atoms with van der Waals surface area (Å²) in [6, 6.07) is 17.7. The highest BCUT2D eigenvalue weighted by Crippen LogP contribution is 2.16. The summed E-state index contributed by atoms with van der Waals surface area (Å²) in [6.45, 7) is 2.53. The van der Waals surface area contributed by atoms with Gasteiger partial charge >= 0.3 is 0 Å². The van der Waals surface area contributed by atoms with Crippen molar-refractivity contribution in [1.29, 1.82) is 0 Å². The summed E-state index contributed by atoms with van der Waals surface area (Å²) in [5.74, 6) is 0.872. The molecule has 0 aliphatic rings. The van der Waals surface area contributed by atoms with Crippen LogP contribution in [0.3, 0.4) is 0 Å². The van der Waals surface area contributed by atoms with Gasteiger partial charge in [-0.15, -0.1) is 0 Å². The summed E-state index contributed by atoms with van der Waals surface area (Å²) in [5, 5.41) is 3.00. The van der Waals surface area contributed by atoms with Gasteiger partial charge in [0.2, 0.25) is 5.91 Å². The lowest BCUT2D eigenvalue weighted by atomic mass is 10.1. The summed E-state index contributed by atoms with van der Waals surface area (Å²) >= 11 is 3.38. The van der Waals surface area contributed by atoms with Crippen LogP contribution in [0.25, 0.3) is 0 Å². The van der Waals surface area contributed by atoms with Crippen molar-refractivity contribution in [2.24, 2.45) is 0 Å². The van der Waals surface area contributed by atoms with Crippen LogP contribution in [0.15, 0.2) is 59.1 Å². The fourth-order valence-corrected chi connectivity index (χ4v) is 2.36. The maximum atomic E-state index is 11.9. The van der Waals surface area contributed by atoms with Gasteiger partial charge in [0.15, 0.2) is 0 Å². The molecule has 3 nitrogen and oxygen atoms in total. The van der Waals surface area contributed by atoms with Gasteiger partial charge in [-0.05, 0) is 43.2 Å². The third kappa shape index (κ3) is 5.53. The topological polar surface area (TPSA) is 38.3 Å². The number of hydrogen-bond donors (Lipinski definition) is 1. The van der Waals surface area contributed by atoms with Crippen LogP contribution in [-0.2, 0) is 4.79 Å². The van der Waals surface area contributed by atoms with Crippen molar-refractivity contribution in [2.45, 2.75) is 25.8 Å². The Kier molecular flexibility index (Phi) is 6.46. The monoisotopic (exact) mass is 361 g/mol. The molecule has 1 atom stereocenters. The molecule has 0 bridgehead atoms. The average Bonchev–Trinajstić information content (AvgIpc) is 2.54. The third-order valence-corrected chi connectivity index (χ3v) is 3.84. The largest absolute Gasteiger partial charge is 0.494 e. The molecular formula is C18H20BrNO2. The Morgan fingerprint density at radius 1 is 1.14 bits per heavy atom. The summed E-state index contributed by atoms with van der Waals surface area (Å²) in [7, 11) is 0. The first-order chi connectivity index (χ1) is 10.6. The molecule has 0 aliphatic carbocycles. The molecule has 0 radical (unpaired) electrons. The number of rotatable bonds is 7. The van der Waals surface area contributed by atoms with Crippen LogP contribution in [0, 0.1) is 0 Å². The van der Waals surface area contributed by atoms with E-state index in [0.717, 1.165) is 15.8 Å². The lowest BCUT2D eigenvalue weighted by Gasteiger charge is -2.14. The number of carbonyl (C=O) groups is 1. The van der Waals surface area contributed by atoms with Crippen LogP contribution >= 0.6 is 15.9 Å². The smallest absolute Gasteiger partial charge is 0.220 e. The van der Waals surface area contributed by atoms with Crippen molar-refractivity contribution < 1.29 is 9.53 Å². The lowest BCUT2D eigenvalue weighted by molar-refractivity contribution is -0.121. The second-order valence-electron chi connectivity index (χ2n) is 5.11. The Labute approximate surface area is 139 Å². The van der Waals surface area contributed by atoms with Gasteiger partial charge in [-0.2, -0.15) is 0 Å². The van der Waals surface area contributed by atoms with Crippen LogP contribution in [0.2, 0.25) is 0 Å². The standard InChI is InChI=1S/C18H20BrNO2/c1-14(15-6-3-2-4-7-15)20-18(21)8-5-13-22-17-11-9-16(19)10-12-17/h2-4,6-7,9-12,14H,5,8,13H2,1H3,(H,20,21)/t14-/m0/s1. The van der Waals surface area contributed by atoms with Gasteiger partial charge in [0.25, 0.3) is 0 Å². The van der Waals surface area contributed by atoms with Crippen LogP contribution in [-0.4, -0.2) is 12.5 Å². The van der Waals surface area contributed by atoms with Crippen LogP contribution in [0.1, 0.15) is 31.4 Å². The molecular weight excluding hydrogens is 342 g/mol. The molecule has 0 aliphatic heterocycles. The van der Waals surface area contributed by atoms with Crippen LogP contribution < -0.4 is 10.1 Å². The molecule has 4 heteroatoms. The first-order valence-corrected chi connectivity index (χ1v) is 8.17. The molecule has 1 amide bonds. The summed E-state index contributed by atoms with van der Waals surface area (Å²) in [4.78, 5) is 11.9. The molecule has 116 valence electrons. The zero-order valence-electron chi connectivity index (χ0n) is 12.6. The summed E-state index contributed by atoms with van der Waals surface area (Å²) in [5.41, 5.74) is 1.11. The molecule has 1 N–H and O–H groups in total. The van der Waals surface area contributed by atoms with Gasteiger partial charge in [0, 0.05) is 10.9 Å². The van der Waals surface area contributed by atoms with Crippen molar-refractivity contribution in [3.8, 4) is 5.75 Å². The van der Waals surface area contributed by atoms with Crippen LogP contribution in [0.5, 0.6) is 5.75 Å². The Morgan fingerprint density at radius 3 is 2.50 bits per heavy atom. The van der Waals surface area contributed by atoms with E-state index >= 15 is 0 Å². The number of carbonyl (C=O) groups excluding carboxylic acids is 1. The molecule has 0 fully saturated rings. The fraction of sp³-hybridized carbons (Fsp3) is 0.278. The molecule has 22 heavy (non-hydrogen) atoms. The van der Waals surface area contributed by atoms with Gasteiger partial charge in [-0.1, -0.05) is 46.3 Å². The minimum Gasteiger partial charge on any atom is -0.494 e. The number of nitrogens with one attached hydrogen (secondary N) is 1. The van der Waals surface area contributed by atoms with E-state index in [-0.39, 0.29) is 11.9 Å². The molecule has 0 spiro atoms. The van der Waals surface area contributed by atoms with E-state index in [1.807, 2.05) is 61.5 Å². The Hall–Kier alpha value is -1.81. The zero-order valence-corrected chi connectivity index (χ0v) is 14.2. The minimum absolute atomic E-state index is 0.0288. The summed E-state index contributed by atoms with van der Waals surface area (Å²) < 4.78 is 6.62. The van der Waals surface area contributed by atoms with Gasteiger partial charge in [-0.3, -0.25) is 4.79 Å². The minimum atomic E-state index is 0.0288. The summed E-state index contributed by atoms with van der Waals surface area (Å²) in [6.07, 6.45) is 1.16. The van der Waals surface area contributed by atoms with Crippen molar-refractivity contribution in [1.82, 2.24) is 5.32 Å². The van der Waals surface area contributed by atoms with Crippen molar-refractivity contribution >= 4 is 21.8 Å². The Balaban J connectivity index is 1.66. The molecule has 2 rings (SSSR count). The second kappa shape index (κ2) is 8.59. The van der Waals surface area contributed by atoms with Gasteiger partial charge in [0.05, 0.1) is 12.6 Å². The van der Waals surface area contributed by atoms with E-state index < -0.39 is 0 Å². The van der Waals surface area contributed by atoms with E-state index in [0.29, 0.717) is 19.4 Å². The molecule has 0 heterocycles. The number of halogens is 1. The van der Waals surface area contributed by atoms with Gasteiger partial charge in [-0.25, -0.2) is 0 Å². The van der Waals surface area contributed by atoms with E-state index in [4.69, 9.17) is 4.74 Å². The molecule has 0 aromatic heterocycles. The second-order valence-corrected chi connectivity index (χ2v) is 6.02. The van der Waals surface area contributed by atoms with E-state index in [9.17, 15) is 4.79 Å². The highest BCUT2D eigenvalue weighted by atomic mass is 79.9. The van der Waals surface area contributed by atoms with Crippen LogP contribution in [0.4, 0.5) is 0 Å². The number of benzene rings is 2. The maximum absolute atomic E-state index is 11.9. The average molecular weight is 362 g/mol. The van der Waals surface area contributed by atoms with Crippen molar-refractivity contribution in [3.05, 3.63) is 64.6 Å². The number of amides is 1. The third-order valence-electron chi connectivity index (χ3n) is 3.31. The molecule has 0 saturated carbocycles. The van der Waals surface area contributed by atoms with E-state index in [1.165, 1.54) is 0 Å². The molecule has 0 saturated heterocycles. The van der Waals surface area contributed by atoms with Crippen molar-refractivity contribution in [2.75, 3.05) is 6.61 Å². The lowest BCUT2D eigenvalue weighted by Crippen LogP contribution is -2.26. The van der Waals surface area contributed by atoms with Crippen molar-refractivity contribution in [3.63, 3.8) is 0 Å². The maximum Gasteiger partial charge on any atom is 0.220 e. The fourth-order valence-electron chi connectivity index (χ4n) is 2.09. The zero-order chi connectivity index (χ0) is 15.8. The predicted molar refractivity (Wildman–Crippen MR) is 91.9 cm³/mol. The predicted octanol–water partition coefficient (Wildman–Crippen LogP) is 4.49. The number of hydrogen-bond acceptors (Lipinski definition) is 2. The highest BCUT2D eigenvalue weighted by molar-refractivity contribution is 9.10. The quantitative estimate of drug-likeness (QED) is 0.738. The first kappa shape index (κ1) is 16.6. The number of ether oxygens (including phenoxy) is 1. The highest BCUT2D eigenvalue weighted by Gasteiger charge is 2.08.